The summed E-state index contributed by atoms with van der Waals surface area (Å²) < 4.78 is 11.2. The second-order valence-electron chi connectivity index (χ2n) is 5.29. The van der Waals surface area contributed by atoms with Gasteiger partial charge in [0.15, 0.2) is 11.5 Å². The van der Waals surface area contributed by atoms with Gasteiger partial charge in [-0.1, -0.05) is 0 Å². The number of hydrogen-bond donors (Lipinski definition) is 1. The molecule has 1 aromatic heterocycles. The number of thiazole rings is 1. The molecule has 0 saturated heterocycles. The minimum atomic E-state index is -0.428. The third-order valence-electron chi connectivity index (χ3n) is 2.95. The molecule has 0 unspecified atom stereocenters. The van der Waals surface area contributed by atoms with Crippen LogP contribution in [0.1, 0.15) is 33.4 Å². The highest BCUT2D eigenvalue weighted by Gasteiger charge is 2.19. The predicted molar refractivity (Wildman–Crippen MR) is 87.1 cm³/mol. The Bertz CT molecular complexity index is 603. The molecule has 21 heavy (non-hydrogen) atoms. The van der Waals surface area contributed by atoms with Gasteiger partial charge in [0.05, 0.1) is 24.4 Å². The molecule has 1 heterocycles. The van der Waals surface area contributed by atoms with Crippen molar-refractivity contribution in [2.75, 3.05) is 13.2 Å². The van der Waals surface area contributed by atoms with Crippen LogP contribution in [0, 0.1) is 0 Å². The molecule has 2 rings (SSSR count). The lowest BCUT2D eigenvalue weighted by Gasteiger charge is -2.14. The zero-order chi connectivity index (χ0) is 15.5. The smallest absolute Gasteiger partial charge is 0.161 e. The van der Waals surface area contributed by atoms with Gasteiger partial charge in [-0.3, -0.25) is 0 Å². The Morgan fingerprint density at radius 1 is 1.14 bits per heavy atom. The third kappa shape index (κ3) is 3.74. The Hall–Kier alpha value is -1.59. The molecule has 0 aliphatic heterocycles. The standard InChI is InChI=1S/C16H22N2O2S/c1-5-19-12-8-7-11(9-13(12)20-6-2)15-18-14(10-21-15)16(3,4)17/h7-10H,5-6,17H2,1-4H3. The number of benzene rings is 1. The lowest BCUT2D eigenvalue weighted by Crippen LogP contribution is -2.28. The van der Waals surface area contributed by atoms with Gasteiger partial charge in [-0.2, -0.15) is 0 Å². The van der Waals surface area contributed by atoms with Crippen molar-refractivity contribution in [3.8, 4) is 22.1 Å². The maximum Gasteiger partial charge on any atom is 0.161 e. The zero-order valence-corrected chi connectivity index (χ0v) is 13.8. The Kier molecular flexibility index (Phi) is 4.85. The van der Waals surface area contributed by atoms with Crippen LogP contribution in [-0.4, -0.2) is 18.2 Å². The molecule has 4 nitrogen and oxygen atoms in total. The van der Waals surface area contributed by atoms with E-state index in [0.717, 1.165) is 27.8 Å². The summed E-state index contributed by atoms with van der Waals surface area (Å²) in [5.74, 6) is 1.51. The molecule has 0 aliphatic carbocycles. The fraction of sp³-hybridized carbons (Fsp3) is 0.438. The molecule has 1 aromatic carbocycles. The summed E-state index contributed by atoms with van der Waals surface area (Å²) in [5.41, 5.74) is 7.57. The van der Waals surface area contributed by atoms with Crippen LogP contribution >= 0.6 is 11.3 Å². The van der Waals surface area contributed by atoms with E-state index in [1.807, 2.05) is 51.3 Å². The highest BCUT2D eigenvalue weighted by Crippen LogP contribution is 2.35. The molecule has 2 N–H and O–H groups in total. The van der Waals surface area contributed by atoms with E-state index in [1.165, 1.54) is 0 Å². The summed E-state index contributed by atoms with van der Waals surface area (Å²) in [7, 11) is 0. The fourth-order valence-electron chi connectivity index (χ4n) is 1.89. The topological polar surface area (TPSA) is 57.4 Å². The second-order valence-corrected chi connectivity index (χ2v) is 6.15. The zero-order valence-electron chi connectivity index (χ0n) is 13.0. The van der Waals surface area contributed by atoms with Crippen LogP contribution in [0.2, 0.25) is 0 Å². The van der Waals surface area contributed by atoms with Crippen molar-refractivity contribution >= 4 is 11.3 Å². The number of rotatable bonds is 6. The molecule has 0 amide bonds. The third-order valence-corrected chi connectivity index (χ3v) is 3.85. The van der Waals surface area contributed by atoms with E-state index in [-0.39, 0.29) is 0 Å². The summed E-state index contributed by atoms with van der Waals surface area (Å²) in [6, 6.07) is 5.90. The molecule has 0 fully saturated rings. The molecule has 114 valence electrons. The van der Waals surface area contributed by atoms with Crippen LogP contribution in [0.4, 0.5) is 0 Å². The number of nitrogens with two attached hydrogens (primary N) is 1. The van der Waals surface area contributed by atoms with E-state index in [1.54, 1.807) is 11.3 Å². The molecule has 0 atom stereocenters. The molecule has 0 saturated carbocycles. The number of ether oxygens (including phenoxy) is 2. The van der Waals surface area contributed by atoms with Crippen LogP contribution in [0.15, 0.2) is 23.6 Å². The van der Waals surface area contributed by atoms with Crippen LogP contribution in [0.3, 0.4) is 0 Å². The minimum Gasteiger partial charge on any atom is -0.490 e. The summed E-state index contributed by atoms with van der Waals surface area (Å²) in [6.07, 6.45) is 0. The normalized spacial score (nSPS) is 11.5. The summed E-state index contributed by atoms with van der Waals surface area (Å²) in [5, 5.41) is 2.94. The average molecular weight is 306 g/mol. The van der Waals surface area contributed by atoms with Gasteiger partial charge in [0.1, 0.15) is 5.01 Å². The van der Waals surface area contributed by atoms with Crippen molar-refractivity contribution < 1.29 is 9.47 Å². The molecule has 2 aromatic rings. The van der Waals surface area contributed by atoms with Gasteiger partial charge in [-0.25, -0.2) is 4.98 Å². The molecular weight excluding hydrogens is 284 g/mol. The van der Waals surface area contributed by atoms with Gasteiger partial charge < -0.3 is 15.2 Å². The summed E-state index contributed by atoms with van der Waals surface area (Å²) in [6.45, 7) is 9.04. The minimum absolute atomic E-state index is 0.428. The van der Waals surface area contributed by atoms with Gasteiger partial charge >= 0.3 is 0 Å². The van der Waals surface area contributed by atoms with Gasteiger partial charge in [0.25, 0.3) is 0 Å². The van der Waals surface area contributed by atoms with Crippen LogP contribution < -0.4 is 15.2 Å². The van der Waals surface area contributed by atoms with Crippen LogP contribution in [0.5, 0.6) is 11.5 Å². The number of aromatic nitrogens is 1. The van der Waals surface area contributed by atoms with Crippen molar-refractivity contribution in [2.24, 2.45) is 5.73 Å². The van der Waals surface area contributed by atoms with Crippen molar-refractivity contribution in [1.29, 1.82) is 0 Å². The first-order chi connectivity index (χ1) is 9.95. The molecular formula is C16H22N2O2S. The fourth-order valence-corrected chi connectivity index (χ4v) is 2.88. The van der Waals surface area contributed by atoms with Crippen molar-refractivity contribution in [1.82, 2.24) is 4.98 Å². The first-order valence-electron chi connectivity index (χ1n) is 7.10. The quantitative estimate of drug-likeness (QED) is 0.882. The average Bonchev–Trinajstić information content (AvgIpc) is 2.91. The van der Waals surface area contributed by atoms with Gasteiger partial charge in [0, 0.05) is 10.9 Å². The predicted octanol–water partition coefficient (Wildman–Crippen LogP) is 3.80. The first-order valence-corrected chi connectivity index (χ1v) is 7.98. The summed E-state index contributed by atoms with van der Waals surface area (Å²) >= 11 is 1.59. The van der Waals surface area contributed by atoms with Crippen LogP contribution in [-0.2, 0) is 5.54 Å². The number of nitrogens with zero attached hydrogens (tertiary/aromatic N) is 1. The van der Waals surface area contributed by atoms with E-state index in [2.05, 4.69) is 4.98 Å². The molecule has 0 spiro atoms. The van der Waals surface area contributed by atoms with Crippen molar-refractivity contribution in [2.45, 2.75) is 33.2 Å². The Labute approximate surface area is 129 Å². The Balaban J connectivity index is 2.35. The Morgan fingerprint density at radius 2 is 1.81 bits per heavy atom. The SMILES string of the molecule is CCOc1ccc(-c2nc(C(C)(C)N)cs2)cc1OCC. The summed E-state index contributed by atoms with van der Waals surface area (Å²) in [4.78, 5) is 4.63. The molecule has 0 radical (unpaired) electrons. The van der Waals surface area contributed by atoms with E-state index in [0.29, 0.717) is 13.2 Å². The largest absolute Gasteiger partial charge is 0.490 e. The van der Waals surface area contributed by atoms with E-state index in [4.69, 9.17) is 15.2 Å². The highest BCUT2D eigenvalue weighted by molar-refractivity contribution is 7.13. The monoisotopic (exact) mass is 306 g/mol. The lowest BCUT2D eigenvalue weighted by molar-refractivity contribution is 0.288. The van der Waals surface area contributed by atoms with E-state index >= 15 is 0 Å². The van der Waals surface area contributed by atoms with Crippen LogP contribution in [0.25, 0.3) is 10.6 Å². The number of hydrogen-bond acceptors (Lipinski definition) is 5. The maximum atomic E-state index is 6.09. The van der Waals surface area contributed by atoms with Gasteiger partial charge in [0.2, 0.25) is 0 Å². The van der Waals surface area contributed by atoms with Gasteiger partial charge in [-0.05, 0) is 45.9 Å². The lowest BCUT2D eigenvalue weighted by atomic mass is 10.0. The second kappa shape index (κ2) is 6.45. The van der Waals surface area contributed by atoms with Gasteiger partial charge in [-0.15, -0.1) is 11.3 Å². The van der Waals surface area contributed by atoms with Crippen molar-refractivity contribution in [3.63, 3.8) is 0 Å². The molecule has 0 bridgehead atoms. The van der Waals surface area contributed by atoms with E-state index in [9.17, 15) is 0 Å². The van der Waals surface area contributed by atoms with E-state index < -0.39 is 5.54 Å². The Morgan fingerprint density at radius 3 is 2.38 bits per heavy atom. The molecule has 0 aliphatic rings. The maximum absolute atomic E-state index is 6.09. The molecule has 5 heteroatoms. The highest BCUT2D eigenvalue weighted by atomic mass is 32.1. The first kappa shape index (κ1) is 15.8. The van der Waals surface area contributed by atoms with Crippen molar-refractivity contribution in [3.05, 3.63) is 29.3 Å².